The lowest BCUT2D eigenvalue weighted by Crippen LogP contribution is -2.35. The van der Waals surface area contributed by atoms with Crippen molar-refractivity contribution in [3.05, 3.63) is 59.7 Å². The average molecular weight is 353 g/mol. The molecule has 0 spiro atoms. The van der Waals surface area contributed by atoms with Gasteiger partial charge in [-0.05, 0) is 36.1 Å². The lowest BCUT2D eigenvalue weighted by molar-refractivity contribution is -0.132. The van der Waals surface area contributed by atoms with E-state index in [2.05, 4.69) is 29.2 Å². The van der Waals surface area contributed by atoms with Gasteiger partial charge in [-0.2, -0.15) is 0 Å². The molecular weight excluding hydrogens is 326 g/mol. The van der Waals surface area contributed by atoms with Crippen LogP contribution >= 0.6 is 0 Å². The van der Waals surface area contributed by atoms with Gasteiger partial charge in [0.15, 0.2) is 11.5 Å². The summed E-state index contributed by atoms with van der Waals surface area (Å²) < 4.78 is 10.6. The van der Waals surface area contributed by atoms with E-state index in [1.807, 2.05) is 24.3 Å². The zero-order valence-electron chi connectivity index (χ0n) is 15.6. The number of amides is 1. The topological polar surface area (TPSA) is 38.8 Å². The number of carbonyl (C=O) groups is 1. The molecule has 1 aliphatic heterocycles. The summed E-state index contributed by atoms with van der Waals surface area (Å²) in [4.78, 5) is 15.2. The molecule has 2 aromatic rings. The van der Waals surface area contributed by atoms with E-state index in [4.69, 9.17) is 9.47 Å². The van der Waals surface area contributed by atoms with Crippen LogP contribution < -0.4 is 9.47 Å². The molecular formula is C22H27NO3. The molecule has 4 nitrogen and oxygen atoms in total. The van der Waals surface area contributed by atoms with E-state index >= 15 is 0 Å². The van der Waals surface area contributed by atoms with E-state index in [0.29, 0.717) is 17.9 Å². The molecule has 138 valence electrons. The highest BCUT2D eigenvalue weighted by Gasteiger charge is 2.26. The maximum Gasteiger partial charge on any atom is 0.227 e. The smallest absolute Gasteiger partial charge is 0.227 e. The number of hydrogen-bond acceptors (Lipinski definition) is 3. The van der Waals surface area contributed by atoms with Crippen LogP contribution in [0.5, 0.6) is 11.5 Å². The summed E-state index contributed by atoms with van der Waals surface area (Å²) in [5.41, 5.74) is 2.18. The van der Waals surface area contributed by atoms with Crippen LogP contribution in [0, 0.1) is 0 Å². The highest BCUT2D eigenvalue weighted by Crippen LogP contribution is 2.32. The number of rotatable bonds is 5. The Balaban J connectivity index is 1.80. The first-order chi connectivity index (χ1) is 12.7. The monoisotopic (exact) mass is 353 g/mol. The van der Waals surface area contributed by atoms with Gasteiger partial charge in [0, 0.05) is 6.54 Å². The number of likely N-dealkylation sites (tertiary alicyclic amines) is 1. The van der Waals surface area contributed by atoms with Crippen LogP contribution in [0.2, 0.25) is 0 Å². The lowest BCUT2D eigenvalue weighted by atomic mass is 10.00. The summed E-state index contributed by atoms with van der Waals surface area (Å²) in [6, 6.07) is 16.3. The molecule has 0 radical (unpaired) electrons. The van der Waals surface area contributed by atoms with E-state index in [0.717, 1.165) is 24.9 Å². The first kappa shape index (κ1) is 18.3. The molecule has 4 heteroatoms. The summed E-state index contributed by atoms with van der Waals surface area (Å²) >= 11 is 0. The van der Waals surface area contributed by atoms with Crippen LogP contribution in [-0.2, 0) is 11.2 Å². The van der Waals surface area contributed by atoms with Crippen LogP contribution in [0.15, 0.2) is 48.5 Å². The average Bonchev–Trinajstić information content (AvgIpc) is 2.94. The molecule has 1 saturated heterocycles. The number of benzene rings is 2. The lowest BCUT2D eigenvalue weighted by Gasteiger charge is -2.30. The minimum absolute atomic E-state index is 0.173. The Morgan fingerprint density at radius 1 is 1.00 bits per heavy atom. The van der Waals surface area contributed by atoms with Crippen molar-refractivity contribution in [1.82, 2.24) is 4.90 Å². The largest absolute Gasteiger partial charge is 0.493 e. The van der Waals surface area contributed by atoms with E-state index < -0.39 is 0 Å². The molecule has 0 N–H and O–H groups in total. The van der Waals surface area contributed by atoms with Crippen molar-refractivity contribution in [3.8, 4) is 11.5 Å². The van der Waals surface area contributed by atoms with Crippen molar-refractivity contribution in [2.24, 2.45) is 0 Å². The summed E-state index contributed by atoms with van der Waals surface area (Å²) in [5.74, 6) is 1.52. The van der Waals surface area contributed by atoms with Gasteiger partial charge < -0.3 is 14.4 Å². The Kier molecular flexibility index (Phi) is 6.16. The molecule has 1 fully saturated rings. The fourth-order valence-corrected chi connectivity index (χ4v) is 3.70. The zero-order chi connectivity index (χ0) is 18.4. The fraction of sp³-hybridized carbons (Fsp3) is 0.409. The fourth-order valence-electron chi connectivity index (χ4n) is 3.70. The molecule has 1 aliphatic rings. The normalized spacial score (nSPS) is 17.5. The third-order valence-corrected chi connectivity index (χ3v) is 5.06. The summed E-state index contributed by atoms with van der Waals surface area (Å²) in [7, 11) is 3.23. The van der Waals surface area contributed by atoms with Crippen molar-refractivity contribution in [2.45, 2.75) is 38.1 Å². The van der Waals surface area contributed by atoms with Crippen molar-refractivity contribution in [1.29, 1.82) is 0 Å². The van der Waals surface area contributed by atoms with Gasteiger partial charge in [0.05, 0.1) is 26.7 Å². The first-order valence-electron chi connectivity index (χ1n) is 9.28. The Morgan fingerprint density at radius 2 is 1.77 bits per heavy atom. The molecule has 2 aromatic carbocycles. The standard InChI is InChI=1S/C22H27NO3/c1-25-20-13-12-17(15-21(20)26-2)16-22(24)23-14-8-4-7-11-19(23)18-9-5-3-6-10-18/h3,5-6,9-10,12-13,15,19H,4,7-8,11,14,16H2,1-2H3. The number of ether oxygens (including phenoxy) is 2. The summed E-state index contributed by atoms with van der Waals surface area (Å²) in [5, 5.41) is 0. The highest BCUT2D eigenvalue weighted by atomic mass is 16.5. The van der Waals surface area contributed by atoms with Crippen LogP contribution in [0.1, 0.15) is 42.9 Å². The number of hydrogen-bond donors (Lipinski definition) is 0. The molecule has 0 saturated carbocycles. The zero-order valence-corrected chi connectivity index (χ0v) is 15.6. The molecule has 1 atom stereocenters. The van der Waals surface area contributed by atoms with Crippen molar-refractivity contribution in [2.75, 3.05) is 20.8 Å². The van der Waals surface area contributed by atoms with Crippen molar-refractivity contribution >= 4 is 5.91 Å². The van der Waals surface area contributed by atoms with Crippen LogP contribution in [0.4, 0.5) is 0 Å². The van der Waals surface area contributed by atoms with Crippen LogP contribution in [0.3, 0.4) is 0 Å². The van der Waals surface area contributed by atoms with Crippen molar-refractivity contribution in [3.63, 3.8) is 0 Å². The van der Waals surface area contributed by atoms with Gasteiger partial charge in [-0.3, -0.25) is 4.79 Å². The second-order valence-electron chi connectivity index (χ2n) is 6.73. The first-order valence-corrected chi connectivity index (χ1v) is 9.28. The maximum atomic E-state index is 13.1. The Labute approximate surface area is 155 Å². The number of carbonyl (C=O) groups excluding carboxylic acids is 1. The van der Waals surface area contributed by atoms with Gasteiger partial charge >= 0.3 is 0 Å². The molecule has 3 rings (SSSR count). The van der Waals surface area contributed by atoms with Gasteiger partial charge in [-0.15, -0.1) is 0 Å². The van der Waals surface area contributed by atoms with E-state index in [-0.39, 0.29) is 11.9 Å². The minimum Gasteiger partial charge on any atom is -0.493 e. The second kappa shape index (κ2) is 8.75. The minimum atomic E-state index is 0.173. The van der Waals surface area contributed by atoms with Gasteiger partial charge in [0.1, 0.15) is 0 Å². The van der Waals surface area contributed by atoms with E-state index in [9.17, 15) is 4.79 Å². The molecule has 26 heavy (non-hydrogen) atoms. The van der Waals surface area contributed by atoms with Gasteiger partial charge in [0.2, 0.25) is 5.91 Å². The summed E-state index contributed by atoms with van der Waals surface area (Å²) in [6.07, 6.45) is 4.83. The van der Waals surface area contributed by atoms with Gasteiger partial charge in [-0.25, -0.2) is 0 Å². The third kappa shape index (κ3) is 4.18. The summed E-state index contributed by atoms with van der Waals surface area (Å²) in [6.45, 7) is 0.825. The van der Waals surface area contributed by atoms with Gasteiger partial charge in [0.25, 0.3) is 0 Å². The predicted octanol–water partition coefficient (Wildman–Crippen LogP) is 4.39. The van der Waals surface area contributed by atoms with E-state index in [1.165, 1.54) is 18.4 Å². The van der Waals surface area contributed by atoms with Crippen LogP contribution in [-0.4, -0.2) is 31.6 Å². The molecule has 0 aliphatic carbocycles. The van der Waals surface area contributed by atoms with Gasteiger partial charge in [-0.1, -0.05) is 49.2 Å². The Bertz CT molecular complexity index is 729. The Morgan fingerprint density at radius 3 is 2.50 bits per heavy atom. The molecule has 0 bridgehead atoms. The number of methoxy groups -OCH3 is 2. The molecule has 1 unspecified atom stereocenters. The predicted molar refractivity (Wildman–Crippen MR) is 103 cm³/mol. The van der Waals surface area contributed by atoms with Crippen LogP contribution in [0.25, 0.3) is 0 Å². The molecule has 0 aromatic heterocycles. The highest BCUT2D eigenvalue weighted by molar-refractivity contribution is 5.79. The number of nitrogens with zero attached hydrogens (tertiary/aromatic N) is 1. The Hall–Kier alpha value is -2.49. The quantitative estimate of drug-likeness (QED) is 0.800. The molecule has 1 heterocycles. The second-order valence-corrected chi connectivity index (χ2v) is 6.73. The SMILES string of the molecule is COc1ccc(CC(=O)N2CCCCCC2c2ccccc2)cc1OC. The third-order valence-electron chi connectivity index (χ3n) is 5.06. The molecule has 1 amide bonds. The van der Waals surface area contributed by atoms with E-state index in [1.54, 1.807) is 14.2 Å². The maximum absolute atomic E-state index is 13.1. The van der Waals surface area contributed by atoms with Crippen molar-refractivity contribution < 1.29 is 14.3 Å².